The van der Waals surface area contributed by atoms with Gasteiger partial charge in [0, 0.05) is 35.5 Å². The smallest absolute Gasteiger partial charge is 0.161 e. The summed E-state index contributed by atoms with van der Waals surface area (Å²) in [5, 5.41) is 2.15. The fraction of sp³-hybridized carbons (Fsp3) is 0.294. The molecule has 208 valence electrons. The Labute approximate surface area is 236 Å². The van der Waals surface area contributed by atoms with Crippen molar-refractivity contribution in [1.29, 1.82) is 0 Å². The van der Waals surface area contributed by atoms with Crippen molar-refractivity contribution in [2.75, 3.05) is 48.1 Å². The van der Waals surface area contributed by atoms with Crippen LogP contribution in [0, 0.1) is 0 Å². The van der Waals surface area contributed by atoms with E-state index in [9.17, 15) is 0 Å². The van der Waals surface area contributed by atoms with Crippen LogP contribution in [-0.4, -0.2) is 57.4 Å². The molecule has 0 aliphatic rings. The first-order chi connectivity index (χ1) is 19.5. The zero-order chi connectivity index (χ0) is 28.2. The van der Waals surface area contributed by atoms with Crippen LogP contribution >= 0.6 is 0 Å². The number of aromatic nitrogens is 1. The van der Waals surface area contributed by atoms with Gasteiger partial charge in [0.15, 0.2) is 23.0 Å². The van der Waals surface area contributed by atoms with E-state index in [2.05, 4.69) is 84.1 Å². The molecule has 0 aliphatic heterocycles. The highest BCUT2D eigenvalue weighted by Gasteiger charge is 2.20. The van der Waals surface area contributed by atoms with E-state index in [1.165, 1.54) is 5.56 Å². The molecular weight excluding hydrogens is 500 g/mol. The molecule has 0 saturated carbocycles. The van der Waals surface area contributed by atoms with Crippen LogP contribution in [0.4, 0.5) is 0 Å². The molecule has 0 amide bonds. The lowest BCUT2D eigenvalue weighted by molar-refractivity contribution is 0.308. The standard InChI is InChI=1S/C34H38N2O4/c1-7-35(8-2)17-15-23-9-11-24(12-10-23)28-22-36-18-16-25-19-31(39-5)32(40-6)21-27(25)34(36)33(28)26-13-14-29(37-3)30(20-26)38-4/h9-14,16,18-22H,7-8,15,17H2,1-6H3. The van der Waals surface area contributed by atoms with Crippen molar-refractivity contribution in [1.82, 2.24) is 9.30 Å². The molecule has 0 radical (unpaired) electrons. The molecule has 2 heterocycles. The van der Waals surface area contributed by atoms with E-state index in [4.69, 9.17) is 18.9 Å². The largest absolute Gasteiger partial charge is 0.493 e. The van der Waals surface area contributed by atoms with Crippen LogP contribution in [0.2, 0.25) is 0 Å². The van der Waals surface area contributed by atoms with Gasteiger partial charge in [0.1, 0.15) is 0 Å². The molecular formula is C34H38N2O4. The van der Waals surface area contributed by atoms with Crippen LogP contribution in [0.25, 0.3) is 38.5 Å². The quantitative estimate of drug-likeness (QED) is 0.176. The third kappa shape index (κ3) is 5.07. The van der Waals surface area contributed by atoms with Gasteiger partial charge in [-0.25, -0.2) is 0 Å². The molecule has 0 bridgehead atoms. The van der Waals surface area contributed by atoms with E-state index in [-0.39, 0.29) is 0 Å². The molecule has 0 unspecified atom stereocenters. The summed E-state index contributed by atoms with van der Waals surface area (Å²) in [6.45, 7) is 7.65. The summed E-state index contributed by atoms with van der Waals surface area (Å²) in [7, 11) is 6.67. The highest BCUT2D eigenvalue weighted by atomic mass is 16.5. The minimum Gasteiger partial charge on any atom is -0.493 e. The lowest BCUT2D eigenvalue weighted by Crippen LogP contribution is -2.25. The van der Waals surface area contributed by atoms with Crippen molar-refractivity contribution < 1.29 is 18.9 Å². The first kappa shape index (κ1) is 27.4. The summed E-state index contributed by atoms with van der Waals surface area (Å²) in [5.74, 6) is 2.79. The maximum Gasteiger partial charge on any atom is 0.161 e. The number of hydrogen-bond donors (Lipinski definition) is 0. The van der Waals surface area contributed by atoms with Crippen molar-refractivity contribution in [3.8, 4) is 45.3 Å². The van der Waals surface area contributed by atoms with Gasteiger partial charge in [-0.2, -0.15) is 0 Å². The average Bonchev–Trinajstić information content (AvgIpc) is 3.40. The Bertz CT molecular complexity index is 1620. The number of nitrogens with zero attached hydrogens (tertiary/aromatic N) is 2. The van der Waals surface area contributed by atoms with E-state index in [1.807, 2.05) is 12.1 Å². The summed E-state index contributed by atoms with van der Waals surface area (Å²) in [6.07, 6.45) is 5.35. The van der Waals surface area contributed by atoms with E-state index < -0.39 is 0 Å². The normalized spacial score (nSPS) is 11.4. The molecule has 0 saturated heterocycles. The van der Waals surface area contributed by atoms with Crippen molar-refractivity contribution in [3.63, 3.8) is 0 Å². The second kappa shape index (κ2) is 11.9. The lowest BCUT2D eigenvalue weighted by Gasteiger charge is -2.17. The van der Waals surface area contributed by atoms with Crippen LogP contribution in [0.15, 0.2) is 73.1 Å². The van der Waals surface area contributed by atoms with Gasteiger partial charge in [-0.1, -0.05) is 44.2 Å². The van der Waals surface area contributed by atoms with Gasteiger partial charge in [0.05, 0.1) is 34.0 Å². The third-order valence-corrected chi connectivity index (χ3v) is 7.81. The van der Waals surface area contributed by atoms with Crippen molar-refractivity contribution in [2.45, 2.75) is 20.3 Å². The molecule has 0 N–H and O–H groups in total. The van der Waals surface area contributed by atoms with Gasteiger partial charge in [-0.15, -0.1) is 0 Å². The monoisotopic (exact) mass is 538 g/mol. The Morgan fingerprint density at radius 2 is 1.30 bits per heavy atom. The number of fused-ring (bicyclic) bond motifs is 3. The molecule has 3 aromatic carbocycles. The fourth-order valence-corrected chi connectivity index (χ4v) is 5.50. The number of hydrogen-bond acceptors (Lipinski definition) is 5. The van der Waals surface area contributed by atoms with Gasteiger partial charge in [-0.05, 0) is 71.9 Å². The molecule has 40 heavy (non-hydrogen) atoms. The van der Waals surface area contributed by atoms with Gasteiger partial charge in [0.25, 0.3) is 0 Å². The molecule has 6 heteroatoms. The molecule has 5 aromatic rings. The molecule has 0 fully saturated rings. The zero-order valence-electron chi connectivity index (χ0n) is 24.3. The number of likely N-dealkylation sites (N-methyl/N-ethyl adjacent to an activating group) is 1. The minimum absolute atomic E-state index is 0.691. The predicted molar refractivity (Wildman–Crippen MR) is 163 cm³/mol. The summed E-state index contributed by atoms with van der Waals surface area (Å²) in [5.41, 5.74) is 6.90. The Kier molecular flexibility index (Phi) is 8.17. The molecule has 5 rings (SSSR count). The van der Waals surface area contributed by atoms with Gasteiger partial charge < -0.3 is 28.2 Å². The summed E-state index contributed by atoms with van der Waals surface area (Å²) >= 11 is 0. The second-order valence-corrected chi connectivity index (χ2v) is 9.83. The molecule has 0 spiro atoms. The maximum absolute atomic E-state index is 5.69. The molecule has 2 aromatic heterocycles. The summed E-state index contributed by atoms with van der Waals surface area (Å²) in [4.78, 5) is 2.46. The van der Waals surface area contributed by atoms with Crippen LogP contribution in [0.5, 0.6) is 23.0 Å². The average molecular weight is 539 g/mol. The van der Waals surface area contributed by atoms with Crippen LogP contribution in [-0.2, 0) is 6.42 Å². The first-order valence-electron chi connectivity index (χ1n) is 13.8. The molecule has 0 aliphatic carbocycles. The summed E-state index contributed by atoms with van der Waals surface area (Å²) < 4.78 is 24.7. The molecule has 0 atom stereocenters. The highest BCUT2D eigenvalue weighted by Crippen LogP contribution is 2.44. The second-order valence-electron chi connectivity index (χ2n) is 9.83. The fourth-order valence-electron chi connectivity index (χ4n) is 5.50. The Balaban J connectivity index is 1.72. The highest BCUT2D eigenvalue weighted by molar-refractivity contribution is 6.09. The topological polar surface area (TPSA) is 44.6 Å². The number of benzene rings is 3. The number of methoxy groups -OCH3 is 4. The van der Waals surface area contributed by atoms with E-state index in [1.54, 1.807) is 28.4 Å². The van der Waals surface area contributed by atoms with E-state index >= 15 is 0 Å². The molecule has 6 nitrogen and oxygen atoms in total. The SMILES string of the molecule is CCN(CC)CCc1ccc(-c2cn3ccc4cc(OC)c(OC)cc4c3c2-c2ccc(OC)c(OC)c2)cc1. The Hall–Kier alpha value is -4.16. The minimum atomic E-state index is 0.691. The van der Waals surface area contributed by atoms with Crippen molar-refractivity contribution in [2.24, 2.45) is 0 Å². The maximum atomic E-state index is 5.69. The Morgan fingerprint density at radius 3 is 1.95 bits per heavy atom. The first-order valence-corrected chi connectivity index (χ1v) is 13.8. The number of ether oxygens (including phenoxy) is 4. The summed E-state index contributed by atoms with van der Waals surface area (Å²) in [6, 6.07) is 21.3. The third-order valence-electron chi connectivity index (χ3n) is 7.81. The zero-order valence-corrected chi connectivity index (χ0v) is 24.3. The van der Waals surface area contributed by atoms with Crippen molar-refractivity contribution >= 4 is 16.3 Å². The van der Waals surface area contributed by atoms with E-state index in [0.717, 1.165) is 64.6 Å². The number of pyridine rings is 1. The predicted octanol–water partition coefficient (Wildman–Crippen LogP) is 7.35. The van der Waals surface area contributed by atoms with Crippen LogP contribution in [0.3, 0.4) is 0 Å². The van der Waals surface area contributed by atoms with Gasteiger partial charge in [-0.3, -0.25) is 0 Å². The van der Waals surface area contributed by atoms with Crippen LogP contribution < -0.4 is 18.9 Å². The van der Waals surface area contributed by atoms with Crippen LogP contribution in [0.1, 0.15) is 19.4 Å². The van der Waals surface area contributed by atoms with Crippen molar-refractivity contribution in [3.05, 3.63) is 78.6 Å². The van der Waals surface area contributed by atoms with Gasteiger partial charge in [0.2, 0.25) is 0 Å². The Morgan fingerprint density at radius 1 is 0.675 bits per heavy atom. The lowest BCUT2D eigenvalue weighted by atomic mass is 9.95. The number of rotatable bonds is 11. The van der Waals surface area contributed by atoms with E-state index in [0.29, 0.717) is 23.0 Å². The van der Waals surface area contributed by atoms with Gasteiger partial charge >= 0.3 is 0 Å².